The fourth-order valence-electron chi connectivity index (χ4n) is 0.940. The molecule has 2 heteroatoms. The van der Waals surface area contributed by atoms with E-state index < -0.39 is 0 Å². The molecule has 0 saturated heterocycles. The Labute approximate surface area is 61.4 Å². The first kappa shape index (κ1) is 7.19. The third-order valence-electron chi connectivity index (χ3n) is 1.42. The monoisotopic (exact) mass is 139 g/mol. The highest BCUT2D eigenvalue weighted by atomic mass is 16.7. The van der Waals surface area contributed by atoms with Crippen LogP contribution in [0.3, 0.4) is 0 Å². The van der Waals surface area contributed by atoms with E-state index in [1.165, 1.54) is 5.69 Å². The fourth-order valence-corrected chi connectivity index (χ4v) is 0.940. The van der Waals surface area contributed by atoms with E-state index in [9.17, 15) is 0 Å². The molecular formula is C8H13NO. The van der Waals surface area contributed by atoms with Crippen LogP contribution in [-0.4, -0.2) is 11.3 Å². The Morgan fingerprint density at radius 1 is 1.50 bits per heavy atom. The molecule has 1 rings (SSSR count). The van der Waals surface area contributed by atoms with Gasteiger partial charge in [0.15, 0.2) is 0 Å². The van der Waals surface area contributed by atoms with Crippen LogP contribution in [0.5, 0.6) is 0 Å². The fraction of sp³-hybridized carbons (Fsp3) is 0.500. The molecule has 0 N–H and O–H groups in total. The minimum atomic E-state index is 0.724. The Morgan fingerprint density at radius 3 is 2.90 bits per heavy atom. The molecule has 0 radical (unpaired) electrons. The van der Waals surface area contributed by atoms with E-state index in [4.69, 9.17) is 4.84 Å². The largest absolute Gasteiger partial charge is 0.414 e. The minimum absolute atomic E-state index is 0.724. The van der Waals surface area contributed by atoms with Crippen LogP contribution in [0.1, 0.15) is 19.5 Å². The number of aromatic nitrogens is 1. The maximum atomic E-state index is 5.28. The van der Waals surface area contributed by atoms with E-state index in [-0.39, 0.29) is 0 Å². The molecule has 0 saturated carbocycles. The van der Waals surface area contributed by atoms with Crippen LogP contribution in [0, 0.1) is 0 Å². The van der Waals surface area contributed by atoms with Crippen molar-refractivity contribution < 1.29 is 4.84 Å². The predicted molar refractivity (Wildman–Crippen MR) is 40.9 cm³/mol. The normalized spacial score (nSPS) is 9.80. The van der Waals surface area contributed by atoms with Gasteiger partial charge in [0.2, 0.25) is 0 Å². The Balaban J connectivity index is 2.70. The molecule has 1 aromatic rings. The van der Waals surface area contributed by atoms with Gasteiger partial charge in [0, 0.05) is 6.20 Å². The van der Waals surface area contributed by atoms with Crippen LogP contribution in [0.25, 0.3) is 0 Å². The SMILES string of the molecule is CCOn1cccc1CC. The quantitative estimate of drug-likeness (QED) is 0.619. The molecule has 10 heavy (non-hydrogen) atoms. The summed E-state index contributed by atoms with van der Waals surface area (Å²) < 4.78 is 1.82. The van der Waals surface area contributed by atoms with Crippen molar-refractivity contribution in [2.24, 2.45) is 0 Å². The summed E-state index contributed by atoms with van der Waals surface area (Å²) in [6.45, 7) is 4.83. The number of hydrogen-bond donors (Lipinski definition) is 0. The summed E-state index contributed by atoms with van der Waals surface area (Å²) in [5, 5.41) is 0. The van der Waals surface area contributed by atoms with Gasteiger partial charge in [-0.25, -0.2) is 0 Å². The number of hydrogen-bond acceptors (Lipinski definition) is 1. The van der Waals surface area contributed by atoms with Gasteiger partial charge >= 0.3 is 0 Å². The van der Waals surface area contributed by atoms with Crippen LogP contribution < -0.4 is 4.84 Å². The molecular weight excluding hydrogens is 126 g/mol. The lowest BCUT2D eigenvalue weighted by Crippen LogP contribution is -2.11. The van der Waals surface area contributed by atoms with Crippen molar-refractivity contribution in [1.29, 1.82) is 0 Å². The second-order valence-electron chi connectivity index (χ2n) is 2.10. The summed E-state index contributed by atoms with van der Waals surface area (Å²) in [7, 11) is 0. The van der Waals surface area contributed by atoms with E-state index in [1.807, 2.05) is 23.9 Å². The predicted octanol–water partition coefficient (Wildman–Crippen LogP) is 1.50. The summed E-state index contributed by atoms with van der Waals surface area (Å²) in [5.41, 5.74) is 1.22. The van der Waals surface area contributed by atoms with Crippen molar-refractivity contribution in [2.75, 3.05) is 6.61 Å². The lowest BCUT2D eigenvalue weighted by Gasteiger charge is -2.06. The first-order chi connectivity index (χ1) is 4.88. The smallest absolute Gasteiger partial charge is 0.112 e. The minimum Gasteiger partial charge on any atom is -0.414 e. The van der Waals surface area contributed by atoms with Crippen molar-refractivity contribution in [1.82, 2.24) is 4.73 Å². The van der Waals surface area contributed by atoms with Gasteiger partial charge in [0.05, 0.1) is 5.69 Å². The van der Waals surface area contributed by atoms with Crippen molar-refractivity contribution in [3.8, 4) is 0 Å². The van der Waals surface area contributed by atoms with Crippen LogP contribution in [0.15, 0.2) is 18.3 Å². The molecule has 0 unspecified atom stereocenters. The van der Waals surface area contributed by atoms with Crippen LogP contribution in [-0.2, 0) is 6.42 Å². The lowest BCUT2D eigenvalue weighted by molar-refractivity contribution is 0.116. The van der Waals surface area contributed by atoms with Crippen molar-refractivity contribution >= 4 is 0 Å². The highest BCUT2D eigenvalue weighted by Crippen LogP contribution is 1.99. The van der Waals surface area contributed by atoms with Gasteiger partial charge in [-0.05, 0) is 25.5 Å². The molecule has 0 amide bonds. The molecule has 0 atom stereocenters. The van der Waals surface area contributed by atoms with Gasteiger partial charge in [-0.15, -0.1) is 0 Å². The Bertz CT molecular complexity index is 193. The van der Waals surface area contributed by atoms with E-state index in [0.717, 1.165) is 13.0 Å². The molecule has 1 aromatic heterocycles. The third kappa shape index (κ3) is 1.32. The van der Waals surface area contributed by atoms with Crippen molar-refractivity contribution in [3.63, 3.8) is 0 Å². The average Bonchev–Trinajstić information content (AvgIpc) is 2.36. The highest BCUT2D eigenvalue weighted by Gasteiger charge is 1.95. The standard InChI is InChI=1S/C8H13NO/c1-3-8-6-5-7-9(8)10-4-2/h5-7H,3-4H2,1-2H3. The van der Waals surface area contributed by atoms with Crippen LogP contribution in [0.4, 0.5) is 0 Å². The molecule has 0 bridgehead atoms. The molecule has 2 nitrogen and oxygen atoms in total. The topological polar surface area (TPSA) is 14.2 Å². The van der Waals surface area contributed by atoms with Crippen molar-refractivity contribution in [2.45, 2.75) is 20.3 Å². The first-order valence-electron chi connectivity index (χ1n) is 3.68. The summed E-state index contributed by atoms with van der Waals surface area (Å²) in [6, 6.07) is 4.06. The molecule has 0 aliphatic heterocycles. The second-order valence-corrected chi connectivity index (χ2v) is 2.10. The molecule has 1 heterocycles. The zero-order valence-electron chi connectivity index (χ0n) is 6.50. The highest BCUT2D eigenvalue weighted by molar-refractivity contribution is 5.04. The van der Waals surface area contributed by atoms with E-state index in [0.29, 0.717) is 0 Å². The van der Waals surface area contributed by atoms with Crippen molar-refractivity contribution in [3.05, 3.63) is 24.0 Å². The van der Waals surface area contributed by atoms with E-state index in [2.05, 4.69) is 13.0 Å². The van der Waals surface area contributed by atoms with E-state index >= 15 is 0 Å². The molecule has 0 spiro atoms. The Kier molecular flexibility index (Phi) is 2.37. The molecule has 56 valence electrons. The zero-order chi connectivity index (χ0) is 7.40. The van der Waals surface area contributed by atoms with Gasteiger partial charge in [0.25, 0.3) is 0 Å². The van der Waals surface area contributed by atoms with Gasteiger partial charge in [-0.1, -0.05) is 6.92 Å². The number of rotatable bonds is 3. The van der Waals surface area contributed by atoms with Crippen LogP contribution in [0.2, 0.25) is 0 Å². The molecule has 0 fully saturated rings. The third-order valence-corrected chi connectivity index (χ3v) is 1.42. The first-order valence-corrected chi connectivity index (χ1v) is 3.68. The summed E-state index contributed by atoms with van der Waals surface area (Å²) >= 11 is 0. The molecule has 0 aromatic carbocycles. The Hall–Kier alpha value is -0.920. The lowest BCUT2D eigenvalue weighted by atomic mass is 10.3. The number of nitrogens with zero attached hydrogens (tertiary/aromatic N) is 1. The van der Waals surface area contributed by atoms with Gasteiger partial charge in [-0.2, -0.15) is 4.73 Å². The summed E-state index contributed by atoms with van der Waals surface area (Å²) in [6.07, 6.45) is 2.95. The van der Waals surface area contributed by atoms with E-state index in [1.54, 1.807) is 0 Å². The second kappa shape index (κ2) is 3.30. The molecule has 0 aliphatic rings. The van der Waals surface area contributed by atoms with Gasteiger partial charge in [0.1, 0.15) is 6.61 Å². The van der Waals surface area contributed by atoms with Crippen LogP contribution >= 0.6 is 0 Å². The maximum absolute atomic E-state index is 5.28. The maximum Gasteiger partial charge on any atom is 0.112 e. The summed E-state index contributed by atoms with van der Waals surface area (Å²) in [4.78, 5) is 5.28. The van der Waals surface area contributed by atoms with Gasteiger partial charge < -0.3 is 4.84 Å². The zero-order valence-corrected chi connectivity index (χ0v) is 6.50. The average molecular weight is 139 g/mol. The summed E-state index contributed by atoms with van der Waals surface area (Å²) in [5.74, 6) is 0. The molecule has 0 aliphatic carbocycles. The Morgan fingerprint density at radius 2 is 2.30 bits per heavy atom. The number of aryl methyl sites for hydroxylation is 1. The van der Waals surface area contributed by atoms with Gasteiger partial charge in [-0.3, -0.25) is 0 Å².